The summed E-state index contributed by atoms with van der Waals surface area (Å²) < 4.78 is 5.86. The molecular formula is C27H31N3O. The van der Waals surface area contributed by atoms with Crippen LogP contribution in [0.4, 0.5) is 5.69 Å². The van der Waals surface area contributed by atoms with Crippen molar-refractivity contribution < 1.29 is 4.42 Å². The zero-order valence-electron chi connectivity index (χ0n) is 18.1. The normalized spacial score (nSPS) is 13.2. The summed E-state index contributed by atoms with van der Waals surface area (Å²) in [6.45, 7) is 2.87. The number of unbranched alkanes of at least 4 members (excludes halogenated alkanes) is 3. The van der Waals surface area contributed by atoms with Gasteiger partial charge in [-0.2, -0.15) is 0 Å². The summed E-state index contributed by atoms with van der Waals surface area (Å²) in [4.78, 5) is 4.88. The maximum absolute atomic E-state index is 5.86. The molecule has 0 atom stereocenters. The number of furan rings is 1. The van der Waals surface area contributed by atoms with Crippen molar-refractivity contribution in [3.05, 3.63) is 71.6 Å². The van der Waals surface area contributed by atoms with Crippen molar-refractivity contribution in [1.82, 2.24) is 10.3 Å². The Morgan fingerprint density at radius 1 is 0.871 bits per heavy atom. The Balaban J connectivity index is 1.03. The molecule has 2 heterocycles. The van der Waals surface area contributed by atoms with Crippen molar-refractivity contribution in [3.8, 4) is 0 Å². The van der Waals surface area contributed by atoms with E-state index in [2.05, 4.69) is 53.1 Å². The molecule has 0 amide bonds. The molecule has 2 aromatic heterocycles. The summed E-state index contributed by atoms with van der Waals surface area (Å²) in [5.74, 6) is 1.02. The minimum atomic E-state index is 0.802. The fourth-order valence-corrected chi connectivity index (χ4v) is 4.69. The van der Waals surface area contributed by atoms with E-state index in [0.29, 0.717) is 0 Å². The molecule has 0 fully saturated rings. The van der Waals surface area contributed by atoms with Gasteiger partial charge in [0.15, 0.2) is 0 Å². The van der Waals surface area contributed by atoms with Gasteiger partial charge in [-0.3, -0.25) is 4.98 Å². The van der Waals surface area contributed by atoms with Crippen molar-refractivity contribution in [2.75, 3.05) is 18.4 Å². The number of aromatic nitrogens is 1. The topological polar surface area (TPSA) is 50.1 Å². The van der Waals surface area contributed by atoms with Crippen LogP contribution in [0.3, 0.4) is 0 Å². The molecule has 1 aliphatic rings. The molecule has 0 saturated heterocycles. The summed E-state index contributed by atoms with van der Waals surface area (Å²) in [7, 11) is 0. The molecule has 5 rings (SSSR count). The van der Waals surface area contributed by atoms with Gasteiger partial charge in [0.25, 0.3) is 0 Å². The second-order valence-corrected chi connectivity index (χ2v) is 8.55. The third-order valence-electron chi connectivity index (χ3n) is 6.28. The van der Waals surface area contributed by atoms with Crippen molar-refractivity contribution in [3.63, 3.8) is 0 Å². The predicted molar refractivity (Wildman–Crippen MR) is 129 cm³/mol. The second-order valence-electron chi connectivity index (χ2n) is 8.55. The molecule has 0 spiro atoms. The smallest absolute Gasteiger partial charge is 0.134 e. The number of hydrogen-bond acceptors (Lipinski definition) is 4. The van der Waals surface area contributed by atoms with Crippen LogP contribution >= 0.6 is 0 Å². The summed E-state index contributed by atoms with van der Waals surface area (Å²) in [6, 6.07) is 18.9. The van der Waals surface area contributed by atoms with Crippen LogP contribution in [0.2, 0.25) is 0 Å². The number of hydrogen-bond donors (Lipinski definition) is 2. The number of anilines is 1. The van der Waals surface area contributed by atoms with E-state index >= 15 is 0 Å². The van der Waals surface area contributed by atoms with E-state index in [1.54, 1.807) is 0 Å². The lowest BCUT2D eigenvalue weighted by molar-refractivity contribution is 0.504. The molecule has 0 bridgehead atoms. The summed E-state index contributed by atoms with van der Waals surface area (Å²) in [5.41, 5.74) is 6.19. The van der Waals surface area contributed by atoms with Crippen LogP contribution in [-0.2, 0) is 19.4 Å². The quantitative estimate of drug-likeness (QED) is 0.303. The van der Waals surface area contributed by atoms with Gasteiger partial charge in [-0.15, -0.1) is 0 Å². The minimum Gasteiger partial charge on any atom is -0.460 e. The zero-order chi connectivity index (χ0) is 20.9. The van der Waals surface area contributed by atoms with Crippen molar-refractivity contribution in [1.29, 1.82) is 0 Å². The zero-order valence-corrected chi connectivity index (χ0v) is 18.1. The van der Waals surface area contributed by atoms with Crippen LogP contribution in [0.5, 0.6) is 0 Å². The number of para-hydroxylation sites is 2. The third-order valence-corrected chi connectivity index (χ3v) is 6.28. The Bertz CT molecular complexity index is 1130. The highest BCUT2D eigenvalue weighted by molar-refractivity contribution is 5.93. The summed E-state index contributed by atoms with van der Waals surface area (Å²) >= 11 is 0. The number of benzene rings is 2. The Hall–Kier alpha value is -2.85. The molecule has 0 aliphatic heterocycles. The summed E-state index contributed by atoms with van der Waals surface area (Å²) in [6.07, 6.45) is 8.42. The van der Waals surface area contributed by atoms with Gasteiger partial charge in [0.2, 0.25) is 0 Å². The van der Waals surface area contributed by atoms with Crippen LogP contribution < -0.4 is 10.6 Å². The van der Waals surface area contributed by atoms with Gasteiger partial charge in [0.1, 0.15) is 11.3 Å². The van der Waals surface area contributed by atoms with Crippen molar-refractivity contribution >= 4 is 27.6 Å². The lowest BCUT2D eigenvalue weighted by Gasteiger charge is -2.14. The van der Waals surface area contributed by atoms with E-state index in [4.69, 9.17) is 9.40 Å². The molecule has 4 heteroatoms. The average Bonchev–Trinajstić information content (AvgIpc) is 3.43. The first-order chi connectivity index (χ1) is 15.4. The molecule has 2 N–H and O–H groups in total. The SMILES string of the molecule is c1ccc2oc(CNCCCCCCNc3c4c(nc5ccccc35)CCC4)cc2c1. The van der Waals surface area contributed by atoms with Crippen LogP contribution in [0, 0.1) is 0 Å². The molecular weight excluding hydrogens is 382 g/mol. The molecule has 0 unspecified atom stereocenters. The number of nitrogens with one attached hydrogen (secondary N) is 2. The van der Waals surface area contributed by atoms with Gasteiger partial charge in [-0.1, -0.05) is 49.2 Å². The molecule has 31 heavy (non-hydrogen) atoms. The number of pyridine rings is 1. The molecule has 0 saturated carbocycles. The first kappa shape index (κ1) is 20.1. The van der Waals surface area contributed by atoms with Crippen molar-refractivity contribution in [2.45, 2.75) is 51.5 Å². The number of aryl methyl sites for hydroxylation is 1. The highest BCUT2D eigenvalue weighted by atomic mass is 16.3. The fraction of sp³-hybridized carbons (Fsp3) is 0.370. The van der Waals surface area contributed by atoms with E-state index in [1.807, 2.05) is 12.1 Å². The minimum absolute atomic E-state index is 0.802. The Morgan fingerprint density at radius 3 is 2.65 bits per heavy atom. The molecule has 160 valence electrons. The van der Waals surface area contributed by atoms with E-state index < -0.39 is 0 Å². The van der Waals surface area contributed by atoms with Crippen LogP contribution in [0.1, 0.15) is 49.1 Å². The number of nitrogens with zero attached hydrogens (tertiary/aromatic N) is 1. The fourth-order valence-electron chi connectivity index (χ4n) is 4.69. The Kier molecular flexibility index (Phi) is 6.17. The van der Waals surface area contributed by atoms with E-state index in [-0.39, 0.29) is 0 Å². The van der Waals surface area contributed by atoms with E-state index in [0.717, 1.165) is 49.3 Å². The average molecular weight is 414 g/mol. The van der Waals surface area contributed by atoms with Gasteiger partial charge in [-0.05, 0) is 62.4 Å². The van der Waals surface area contributed by atoms with Crippen LogP contribution in [0.15, 0.2) is 59.0 Å². The van der Waals surface area contributed by atoms with Crippen LogP contribution in [0.25, 0.3) is 21.9 Å². The molecule has 2 aromatic carbocycles. The molecule has 4 aromatic rings. The van der Waals surface area contributed by atoms with Crippen LogP contribution in [-0.4, -0.2) is 18.1 Å². The molecule has 1 aliphatic carbocycles. The molecule has 0 radical (unpaired) electrons. The summed E-state index contributed by atoms with van der Waals surface area (Å²) in [5, 5.41) is 9.72. The van der Waals surface area contributed by atoms with E-state index in [1.165, 1.54) is 59.8 Å². The van der Waals surface area contributed by atoms with E-state index in [9.17, 15) is 0 Å². The maximum atomic E-state index is 5.86. The standard InChI is InChI=1S/C27H31N3O/c1(7-16-28-19-21-18-20-10-3-6-15-26(20)31-21)2-8-17-29-27-22-11-4-5-13-24(22)30-25-14-9-12-23(25)27/h3-6,10-11,13,15,18,28H,1-2,7-9,12,14,16-17,19H2,(H,29,30). The highest BCUT2D eigenvalue weighted by Gasteiger charge is 2.19. The second kappa shape index (κ2) is 9.52. The first-order valence-electron chi connectivity index (χ1n) is 11.7. The lowest BCUT2D eigenvalue weighted by atomic mass is 10.1. The van der Waals surface area contributed by atoms with Gasteiger partial charge >= 0.3 is 0 Å². The first-order valence-corrected chi connectivity index (χ1v) is 11.7. The number of fused-ring (bicyclic) bond motifs is 3. The van der Waals surface area contributed by atoms with Gasteiger partial charge in [0, 0.05) is 28.7 Å². The largest absolute Gasteiger partial charge is 0.460 e. The monoisotopic (exact) mass is 413 g/mol. The van der Waals surface area contributed by atoms with Crippen molar-refractivity contribution in [2.24, 2.45) is 0 Å². The third kappa shape index (κ3) is 4.59. The number of rotatable bonds is 10. The molecule has 4 nitrogen and oxygen atoms in total. The predicted octanol–water partition coefficient (Wildman–Crippen LogP) is 6.23. The Labute approximate surface area is 184 Å². The highest BCUT2D eigenvalue weighted by Crippen LogP contribution is 2.33. The lowest BCUT2D eigenvalue weighted by Crippen LogP contribution is -2.14. The van der Waals surface area contributed by atoms with Gasteiger partial charge < -0.3 is 15.1 Å². The maximum Gasteiger partial charge on any atom is 0.134 e. The Morgan fingerprint density at radius 2 is 1.71 bits per heavy atom. The van der Waals surface area contributed by atoms with Gasteiger partial charge in [-0.25, -0.2) is 0 Å². The van der Waals surface area contributed by atoms with Gasteiger partial charge in [0.05, 0.1) is 12.1 Å².